The summed E-state index contributed by atoms with van der Waals surface area (Å²) in [5.74, 6) is -7.03. The summed E-state index contributed by atoms with van der Waals surface area (Å²) in [6.45, 7) is 2.91. The number of thiocarbonyl (C=S) groups is 1. The minimum atomic E-state index is -5.06. The molecule has 4 rings (SSSR count). The number of hydrogen-bond donors (Lipinski definition) is 0. The first-order valence-corrected chi connectivity index (χ1v) is 11.7. The standard InChI is InChI=1S/C25H21F5N4O2S/c1-24(2)22(35)33(18-9-7-15(13-31)20(21(18)27)25(28,29)30)23(37)34(24)16-8-6-14(17(26)12-16)4-3-5-19-32-10-11-36-19/h6-12,15,20H,3-5H2,1-2H3. The van der Waals surface area contributed by atoms with Crippen molar-refractivity contribution in [3.8, 4) is 6.07 Å². The van der Waals surface area contributed by atoms with Crippen LogP contribution in [0.2, 0.25) is 0 Å². The van der Waals surface area contributed by atoms with Crippen LogP contribution in [0.1, 0.15) is 31.7 Å². The minimum Gasteiger partial charge on any atom is -0.449 e. The van der Waals surface area contributed by atoms with E-state index in [1.54, 1.807) is 6.07 Å². The zero-order chi connectivity index (χ0) is 27.1. The molecule has 0 radical (unpaired) electrons. The van der Waals surface area contributed by atoms with E-state index in [1.165, 1.54) is 49.4 Å². The first-order chi connectivity index (χ1) is 17.4. The van der Waals surface area contributed by atoms with Gasteiger partial charge in [-0.15, -0.1) is 0 Å². The average Bonchev–Trinajstić information content (AvgIpc) is 3.39. The lowest BCUT2D eigenvalue weighted by Gasteiger charge is -2.30. The van der Waals surface area contributed by atoms with Crippen molar-refractivity contribution in [3.05, 3.63) is 71.6 Å². The Morgan fingerprint density at radius 2 is 1.97 bits per heavy atom. The molecule has 2 aromatic rings. The zero-order valence-electron chi connectivity index (χ0n) is 19.7. The van der Waals surface area contributed by atoms with Gasteiger partial charge in [0.1, 0.15) is 29.4 Å². The van der Waals surface area contributed by atoms with Crippen molar-refractivity contribution >= 4 is 28.9 Å². The van der Waals surface area contributed by atoms with Gasteiger partial charge in [0, 0.05) is 12.1 Å². The van der Waals surface area contributed by atoms with Gasteiger partial charge < -0.3 is 9.32 Å². The van der Waals surface area contributed by atoms with Crippen LogP contribution in [0.4, 0.5) is 27.6 Å². The second-order valence-corrected chi connectivity index (χ2v) is 9.50. The first kappa shape index (κ1) is 26.5. The number of oxazole rings is 1. The van der Waals surface area contributed by atoms with E-state index in [2.05, 4.69) is 4.98 Å². The van der Waals surface area contributed by atoms with E-state index in [0.29, 0.717) is 35.6 Å². The number of carbonyl (C=O) groups is 1. The molecule has 2 atom stereocenters. The van der Waals surface area contributed by atoms with Gasteiger partial charge in [-0.25, -0.2) is 13.8 Å². The number of nitrogens with zero attached hydrogens (tertiary/aromatic N) is 4. The van der Waals surface area contributed by atoms with E-state index >= 15 is 4.39 Å². The van der Waals surface area contributed by atoms with Gasteiger partial charge in [0.15, 0.2) is 11.0 Å². The summed E-state index contributed by atoms with van der Waals surface area (Å²) >= 11 is 5.40. The number of allylic oxidation sites excluding steroid dienone is 3. The molecule has 1 saturated heterocycles. The predicted octanol–water partition coefficient (Wildman–Crippen LogP) is 5.77. The maximum atomic E-state index is 15.2. The Balaban J connectivity index is 1.62. The number of amides is 1. The molecule has 2 heterocycles. The van der Waals surface area contributed by atoms with Gasteiger partial charge in [-0.3, -0.25) is 9.69 Å². The van der Waals surface area contributed by atoms with Gasteiger partial charge in [0.05, 0.1) is 23.9 Å². The van der Waals surface area contributed by atoms with Gasteiger partial charge in [-0.1, -0.05) is 12.1 Å². The molecule has 0 bridgehead atoms. The molecule has 12 heteroatoms. The zero-order valence-corrected chi connectivity index (χ0v) is 20.5. The topological polar surface area (TPSA) is 73.4 Å². The molecule has 1 aliphatic carbocycles. The van der Waals surface area contributed by atoms with Crippen LogP contribution in [-0.4, -0.2) is 32.6 Å². The Bertz CT molecular complexity index is 1330. The summed E-state index contributed by atoms with van der Waals surface area (Å²) in [5, 5.41) is 8.77. The lowest BCUT2D eigenvalue weighted by molar-refractivity contribution is -0.174. The highest BCUT2D eigenvalue weighted by molar-refractivity contribution is 7.80. The first-order valence-electron chi connectivity index (χ1n) is 11.3. The van der Waals surface area contributed by atoms with Crippen molar-refractivity contribution < 1.29 is 31.2 Å². The van der Waals surface area contributed by atoms with Gasteiger partial charge >= 0.3 is 6.18 Å². The van der Waals surface area contributed by atoms with Crippen LogP contribution in [0.25, 0.3) is 0 Å². The molecule has 1 aromatic heterocycles. The number of anilines is 1. The van der Waals surface area contributed by atoms with Crippen LogP contribution < -0.4 is 4.90 Å². The fourth-order valence-electron chi connectivity index (χ4n) is 4.47. The summed E-state index contributed by atoms with van der Waals surface area (Å²) < 4.78 is 76.0. The lowest BCUT2D eigenvalue weighted by atomic mass is 9.86. The molecule has 1 amide bonds. The number of benzene rings is 1. The molecule has 2 unspecified atom stereocenters. The Labute approximate surface area is 214 Å². The number of halogens is 5. The summed E-state index contributed by atoms with van der Waals surface area (Å²) in [6.07, 6.45) is 1.22. The van der Waals surface area contributed by atoms with Crippen LogP contribution in [-0.2, 0) is 17.6 Å². The van der Waals surface area contributed by atoms with Crippen molar-refractivity contribution in [2.24, 2.45) is 11.8 Å². The highest BCUT2D eigenvalue weighted by atomic mass is 32.1. The van der Waals surface area contributed by atoms with E-state index in [9.17, 15) is 22.4 Å². The number of alkyl halides is 3. The monoisotopic (exact) mass is 536 g/mol. The molecule has 1 aliphatic heterocycles. The summed E-state index contributed by atoms with van der Waals surface area (Å²) in [7, 11) is 0. The molecule has 6 nitrogen and oxygen atoms in total. The fraction of sp³-hybridized carbons (Fsp3) is 0.360. The van der Waals surface area contributed by atoms with E-state index in [0.717, 1.165) is 12.2 Å². The van der Waals surface area contributed by atoms with Crippen LogP contribution in [0.3, 0.4) is 0 Å². The van der Waals surface area contributed by atoms with Crippen LogP contribution >= 0.6 is 12.2 Å². The molecule has 0 saturated carbocycles. The molecule has 1 aromatic carbocycles. The highest BCUT2D eigenvalue weighted by Gasteiger charge is 2.55. The van der Waals surface area contributed by atoms with Gasteiger partial charge in [0.2, 0.25) is 0 Å². The SMILES string of the molecule is CC1(C)C(=O)N(C2=C(F)C(C(F)(F)F)C(C#N)C=C2)C(=S)N1c1ccc(CCCc2ncco2)c(F)c1. The highest BCUT2D eigenvalue weighted by Crippen LogP contribution is 2.45. The number of carbonyl (C=O) groups excluding carboxylic acids is 1. The number of nitriles is 1. The Kier molecular flexibility index (Phi) is 6.94. The van der Waals surface area contributed by atoms with Crippen LogP contribution in [0.15, 0.2) is 58.8 Å². The number of rotatable bonds is 6. The van der Waals surface area contributed by atoms with E-state index in [4.69, 9.17) is 21.9 Å². The minimum absolute atomic E-state index is 0.183. The normalized spacial score (nSPS) is 21.7. The van der Waals surface area contributed by atoms with Crippen molar-refractivity contribution in [1.29, 1.82) is 5.26 Å². The van der Waals surface area contributed by atoms with Gasteiger partial charge in [-0.2, -0.15) is 18.4 Å². The van der Waals surface area contributed by atoms with Crippen molar-refractivity contribution in [2.45, 2.75) is 44.8 Å². The fourth-order valence-corrected chi connectivity index (χ4v) is 4.99. The largest absolute Gasteiger partial charge is 0.449 e. The Morgan fingerprint density at radius 1 is 1.24 bits per heavy atom. The Morgan fingerprint density at radius 3 is 2.57 bits per heavy atom. The number of aromatic nitrogens is 1. The number of hydrogen-bond acceptors (Lipinski definition) is 5. The Hall–Kier alpha value is -3.59. The molecule has 0 spiro atoms. The summed E-state index contributed by atoms with van der Waals surface area (Å²) in [4.78, 5) is 19.3. The lowest BCUT2D eigenvalue weighted by Crippen LogP contribution is -2.44. The van der Waals surface area contributed by atoms with Crippen LogP contribution in [0.5, 0.6) is 0 Å². The number of aryl methyl sites for hydroxylation is 2. The molecule has 1 fully saturated rings. The van der Waals surface area contributed by atoms with E-state index in [1.807, 2.05) is 0 Å². The molecule has 194 valence electrons. The average molecular weight is 537 g/mol. The second kappa shape index (κ2) is 9.70. The molecular formula is C25H21F5N4O2S. The molecule has 2 aliphatic rings. The maximum absolute atomic E-state index is 15.2. The predicted molar refractivity (Wildman–Crippen MR) is 127 cm³/mol. The second-order valence-electron chi connectivity index (χ2n) is 9.14. The quantitative estimate of drug-likeness (QED) is 0.345. The van der Waals surface area contributed by atoms with Crippen molar-refractivity contribution in [3.63, 3.8) is 0 Å². The van der Waals surface area contributed by atoms with Crippen LogP contribution in [0, 0.1) is 29.0 Å². The maximum Gasteiger partial charge on any atom is 0.399 e. The smallest absolute Gasteiger partial charge is 0.399 e. The van der Waals surface area contributed by atoms with Crippen molar-refractivity contribution in [1.82, 2.24) is 9.88 Å². The molecule has 0 N–H and O–H groups in total. The van der Waals surface area contributed by atoms with Crippen molar-refractivity contribution in [2.75, 3.05) is 4.90 Å². The third-order valence-corrected chi connectivity index (χ3v) is 6.73. The van der Waals surface area contributed by atoms with E-state index in [-0.39, 0.29) is 10.8 Å². The third kappa shape index (κ3) is 4.75. The molecule has 37 heavy (non-hydrogen) atoms. The van der Waals surface area contributed by atoms with E-state index < -0.39 is 46.8 Å². The summed E-state index contributed by atoms with van der Waals surface area (Å²) in [6, 6.07) is 5.68. The molecular weight excluding hydrogens is 515 g/mol. The van der Waals surface area contributed by atoms with Gasteiger partial charge in [0.25, 0.3) is 5.91 Å². The summed E-state index contributed by atoms with van der Waals surface area (Å²) in [5.41, 5.74) is -1.57. The third-order valence-electron chi connectivity index (χ3n) is 6.36. The van der Waals surface area contributed by atoms with Gasteiger partial charge in [-0.05, 0) is 62.7 Å².